The molecular formula is C12H7BrCl2FNO. The summed E-state index contributed by atoms with van der Waals surface area (Å²) in [6.07, 6.45) is 1.07. The maximum Gasteiger partial charge on any atom is 0.223 e. The van der Waals surface area contributed by atoms with Crippen LogP contribution in [-0.4, -0.2) is 4.98 Å². The summed E-state index contributed by atoms with van der Waals surface area (Å²) in [7, 11) is 0. The van der Waals surface area contributed by atoms with E-state index in [9.17, 15) is 4.39 Å². The van der Waals surface area contributed by atoms with Gasteiger partial charge >= 0.3 is 0 Å². The number of ether oxygens (including phenoxy) is 1. The van der Waals surface area contributed by atoms with E-state index in [0.717, 1.165) is 10.7 Å². The molecule has 0 spiro atoms. The summed E-state index contributed by atoms with van der Waals surface area (Å²) in [6, 6.07) is 6.45. The summed E-state index contributed by atoms with van der Waals surface area (Å²) in [5, 5.41) is 0.435. The Balaban J connectivity index is 2.36. The fourth-order valence-corrected chi connectivity index (χ4v) is 2.00. The normalized spacial score (nSPS) is 10.4. The molecule has 0 amide bonds. The maximum absolute atomic E-state index is 13.0. The molecule has 0 fully saturated rings. The van der Waals surface area contributed by atoms with Crippen molar-refractivity contribution in [3.05, 3.63) is 51.3 Å². The van der Waals surface area contributed by atoms with Crippen LogP contribution in [0.1, 0.15) is 5.56 Å². The lowest BCUT2D eigenvalue weighted by Gasteiger charge is -2.10. The van der Waals surface area contributed by atoms with Crippen LogP contribution in [0.5, 0.6) is 11.6 Å². The van der Waals surface area contributed by atoms with Gasteiger partial charge < -0.3 is 4.74 Å². The fraction of sp³-hybridized carbons (Fsp3) is 0.0833. The molecule has 2 rings (SSSR count). The average molecular weight is 351 g/mol. The predicted octanol–water partition coefficient (Wildman–Crippen LogP) is 5.17. The van der Waals surface area contributed by atoms with Crippen LogP contribution >= 0.6 is 39.1 Å². The Morgan fingerprint density at radius 2 is 2.11 bits per heavy atom. The van der Waals surface area contributed by atoms with Crippen LogP contribution in [0.3, 0.4) is 0 Å². The number of pyridine rings is 1. The monoisotopic (exact) mass is 349 g/mol. The van der Waals surface area contributed by atoms with Crippen molar-refractivity contribution in [3.8, 4) is 11.6 Å². The Morgan fingerprint density at radius 1 is 1.33 bits per heavy atom. The lowest BCUT2D eigenvalue weighted by atomic mass is 10.3. The Bertz CT molecular complexity index is 580. The molecule has 18 heavy (non-hydrogen) atoms. The second-order valence-electron chi connectivity index (χ2n) is 3.43. The summed E-state index contributed by atoms with van der Waals surface area (Å²) in [5.74, 6) is 0.312. The van der Waals surface area contributed by atoms with Gasteiger partial charge in [0, 0.05) is 10.0 Å². The third-order valence-corrected chi connectivity index (χ3v) is 3.23. The summed E-state index contributed by atoms with van der Waals surface area (Å²) >= 11 is 15.0. The molecule has 1 aromatic carbocycles. The highest BCUT2D eigenvalue weighted by molar-refractivity contribution is 9.10. The van der Waals surface area contributed by atoms with Crippen LogP contribution in [0, 0.1) is 5.82 Å². The molecule has 0 bridgehead atoms. The van der Waals surface area contributed by atoms with E-state index in [1.165, 1.54) is 6.07 Å². The van der Waals surface area contributed by atoms with E-state index in [-0.39, 0.29) is 11.8 Å². The average Bonchev–Trinajstić information content (AvgIpc) is 2.36. The molecule has 0 aliphatic heterocycles. The Morgan fingerprint density at radius 3 is 2.83 bits per heavy atom. The second kappa shape index (κ2) is 5.87. The van der Waals surface area contributed by atoms with Crippen molar-refractivity contribution < 1.29 is 9.13 Å². The van der Waals surface area contributed by atoms with E-state index in [1.807, 2.05) is 0 Å². The second-order valence-corrected chi connectivity index (χ2v) is 5.02. The quantitative estimate of drug-likeness (QED) is 0.712. The van der Waals surface area contributed by atoms with E-state index in [2.05, 4.69) is 20.9 Å². The number of nitrogens with zero attached hydrogens (tertiary/aromatic N) is 1. The molecule has 1 heterocycles. The lowest BCUT2D eigenvalue weighted by molar-refractivity contribution is 0.454. The van der Waals surface area contributed by atoms with Crippen molar-refractivity contribution in [2.45, 2.75) is 5.88 Å². The first-order valence-corrected chi connectivity index (χ1v) is 6.64. The third-order valence-electron chi connectivity index (χ3n) is 2.14. The van der Waals surface area contributed by atoms with E-state index in [1.54, 1.807) is 18.2 Å². The highest BCUT2D eigenvalue weighted by Gasteiger charge is 2.10. The van der Waals surface area contributed by atoms with Gasteiger partial charge in [0.1, 0.15) is 11.6 Å². The summed E-state index contributed by atoms with van der Waals surface area (Å²) in [5.41, 5.74) is 0.465. The van der Waals surface area contributed by atoms with Gasteiger partial charge in [-0.3, -0.25) is 0 Å². The Labute approximate surface area is 122 Å². The van der Waals surface area contributed by atoms with Gasteiger partial charge in [-0.2, -0.15) is 0 Å². The summed E-state index contributed by atoms with van der Waals surface area (Å²) in [6.45, 7) is 0. The zero-order valence-electron chi connectivity index (χ0n) is 8.96. The molecule has 0 unspecified atom stereocenters. The zero-order valence-corrected chi connectivity index (χ0v) is 12.1. The van der Waals surface area contributed by atoms with E-state index in [4.69, 9.17) is 27.9 Å². The summed E-state index contributed by atoms with van der Waals surface area (Å²) in [4.78, 5) is 3.86. The Hall–Kier alpha value is -0.840. The van der Waals surface area contributed by atoms with Crippen molar-refractivity contribution >= 4 is 39.1 Å². The minimum Gasteiger partial charge on any atom is -0.437 e. The van der Waals surface area contributed by atoms with E-state index in [0.29, 0.717) is 16.3 Å². The van der Waals surface area contributed by atoms with Crippen molar-refractivity contribution in [2.24, 2.45) is 0 Å². The summed E-state index contributed by atoms with van der Waals surface area (Å²) < 4.78 is 19.4. The number of halogens is 4. The number of rotatable bonds is 3. The highest BCUT2D eigenvalue weighted by Crippen LogP contribution is 2.32. The molecule has 1 aromatic heterocycles. The van der Waals surface area contributed by atoms with E-state index >= 15 is 0 Å². The van der Waals surface area contributed by atoms with Gasteiger partial charge in [-0.05, 0) is 24.3 Å². The van der Waals surface area contributed by atoms with Crippen LogP contribution < -0.4 is 4.74 Å². The van der Waals surface area contributed by atoms with Crippen LogP contribution in [0.25, 0.3) is 0 Å². The highest BCUT2D eigenvalue weighted by atomic mass is 79.9. The van der Waals surface area contributed by atoms with Gasteiger partial charge in [0.05, 0.1) is 17.1 Å². The molecule has 2 nitrogen and oxygen atoms in total. The molecule has 0 saturated carbocycles. The molecular weight excluding hydrogens is 344 g/mol. The number of hydrogen-bond acceptors (Lipinski definition) is 2. The number of alkyl halides is 1. The first-order valence-electron chi connectivity index (χ1n) is 4.93. The fourth-order valence-electron chi connectivity index (χ4n) is 1.32. The van der Waals surface area contributed by atoms with Crippen LogP contribution in [0.15, 0.2) is 34.9 Å². The predicted molar refractivity (Wildman–Crippen MR) is 73.0 cm³/mol. The van der Waals surface area contributed by atoms with Crippen molar-refractivity contribution in [3.63, 3.8) is 0 Å². The van der Waals surface area contributed by atoms with Gasteiger partial charge in [-0.1, -0.05) is 27.5 Å². The molecule has 0 saturated heterocycles. The van der Waals surface area contributed by atoms with Crippen molar-refractivity contribution in [2.75, 3.05) is 0 Å². The first kappa shape index (κ1) is 13.6. The molecule has 0 aliphatic rings. The van der Waals surface area contributed by atoms with E-state index < -0.39 is 5.82 Å². The largest absolute Gasteiger partial charge is 0.437 e. The number of benzene rings is 1. The van der Waals surface area contributed by atoms with Gasteiger partial charge in [0.25, 0.3) is 0 Å². The van der Waals surface area contributed by atoms with Crippen LogP contribution in [-0.2, 0) is 5.88 Å². The molecule has 0 atom stereocenters. The van der Waals surface area contributed by atoms with Gasteiger partial charge in [-0.25, -0.2) is 9.37 Å². The number of aromatic nitrogens is 1. The first-order chi connectivity index (χ1) is 8.60. The lowest BCUT2D eigenvalue weighted by Crippen LogP contribution is -1.95. The Kier molecular flexibility index (Phi) is 4.43. The standard InChI is InChI=1S/C12H7BrCl2FNO/c13-8-1-2-10(15)11(4-8)18-12-7(5-14)3-9(16)6-17-12/h1-4,6H,5H2. The van der Waals surface area contributed by atoms with Crippen LogP contribution in [0.4, 0.5) is 4.39 Å². The molecule has 0 aliphatic carbocycles. The van der Waals surface area contributed by atoms with Crippen LogP contribution in [0.2, 0.25) is 5.02 Å². The third kappa shape index (κ3) is 3.13. The van der Waals surface area contributed by atoms with Gasteiger partial charge in [-0.15, -0.1) is 11.6 Å². The van der Waals surface area contributed by atoms with Crippen molar-refractivity contribution in [1.29, 1.82) is 0 Å². The molecule has 6 heteroatoms. The minimum absolute atomic E-state index is 0.103. The molecule has 2 aromatic rings. The SMILES string of the molecule is Fc1cnc(Oc2cc(Br)ccc2Cl)c(CCl)c1. The molecule has 0 radical (unpaired) electrons. The topological polar surface area (TPSA) is 22.1 Å². The van der Waals surface area contributed by atoms with Crippen molar-refractivity contribution in [1.82, 2.24) is 4.98 Å². The van der Waals surface area contributed by atoms with Gasteiger partial charge in [0.15, 0.2) is 0 Å². The minimum atomic E-state index is -0.460. The maximum atomic E-state index is 13.0. The smallest absolute Gasteiger partial charge is 0.223 e. The molecule has 94 valence electrons. The zero-order chi connectivity index (χ0) is 13.1. The number of hydrogen-bond donors (Lipinski definition) is 0. The van der Waals surface area contributed by atoms with Gasteiger partial charge in [0.2, 0.25) is 5.88 Å². The molecule has 0 N–H and O–H groups in total.